The highest BCUT2D eigenvalue weighted by atomic mass is 16.5. The third-order valence-corrected chi connectivity index (χ3v) is 7.54. The van der Waals surface area contributed by atoms with Crippen LogP contribution in [0.1, 0.15) is 43.9 Å². The molecule has 1 unspecified atom stereocenters. The number of nitrogens with one attached hydrogen (secondary N) is 1. The fourth-order valence-corrected chi connectivity index (χ4v) is 5.30. The molecule has 0 bridgehead atoms. The van der Waals surface area contributed by atoms with Gasteiger partial charge in [-0.25, -0.2) is 9.67 Å². The number of anilines is 1. The van der Waals surface area contributed by atoms with Crippen molar-refractivity contribution in [2.75, 3.05) is 51.8 Å². The van der Waals surface area contributed by atoms with Crippen LogP contribution in [-0.4, -0.2) is 77.1 Å². The summed E-state index contributed by atoms with van der Waals surface area (Å²) in [5.74, 6) is 0.923. The van der Waals surface area contributed by atoms with E-state index in [9.17, 15) is 0 Å². The monoisotopic (exact) mass is 478 g/mol. The van der Waals surface area contributed by atoms with Gasteiger partial charge in [0.1, 0.15) is 5.75 Å². The predicted octanol–water partition coefficient (Wildman–Crippen LogP) is 3.93. The molecular formula is C27H38N6O2. The van der Waals surface area contributed by atoms with Crippen LogP contribution in [0.3, 0.4) is 0 Å². The van der Waals surface area contributed by atoms with Gasteiger partial charge < -0.3 is 14.8 Å². The van der Waals surface area contributed by atoms with Gasteiger partial charge >= 0.3 is 0 Å². The Bertz CT molecular complexity index is 1120. The maximum Gasteiger partial charge on any atom is 0.159 e. The normalized spacial score (nSPS) is 19.2. The Kier molecular flexibility index (Phi) is 7.51. The Morgan fingerprint density at radius 2 is 1.94 bits per heavy atom. The topological polar surface area (TPSA) is 67.7 Å². The first-order chi connectivity index (χ1) is 17.2. The zero-order valence-electron chi connectivity index (χ0n) is 21.2. The highest BCUT2D eigenvalue weighted by molar-refractivity contribution is 5.90. The molecule has 0 amide bonds. The van der Waals surface area contributed by atoms with E-state index >= 15 is 0 Å². The van der Waals surface area contributed by atoms with E-state index < -0.39 is 0 Å². The fourth-order valence-electron chi connectivity index (χ4n) is 5.30. The van der Waals surface area contributed by atoms with Crippen molar-refractivity contribution >= 4 is 16.7 Å². The third-order valence-electron chi connectivity index (χ3n) is 7.54. The van der Waals surface area contributed by atoms with E-state index in [1.807, 2.05) is 16.9 Å². The summed E-state index contributed by atoms with van der Waals surface area (Å²) >= 11 is 0. The summed E-state index contributed by atoms with van der Waals surface area (Å²) in [5.41, 5.74) is 4.73. The number of hydrogen-bond acceptors (Lipinski definition) is 7. The second-order valence-electron chi connectivity index (χ2n) is 9.65. The van der Waals surface area contributed by atoms with Gasteiger partial charge in [0.15, 0.2) is 5.65 Å². The van der Waals surface area contributed by atoms with Crippen LogP contribution in [0, 0.1) is 0 Å². The summed E-state index contributed by atoms with van der Waals surface area (Å²) in [6.45, 7) is 11.9. The number of piperazine rings is 1. The molecule has 3 aromatic rings. The van der Waals surface area contributed by atoms with Crippen molar-refractivity contribution in [3.63, 3.8) is 0 Å². The minimum Gasteiger partial charge on any atom is -0.497 e. The van der Waals surface area contributed by atoms with Crippen molar-refractivity contribution < 1.29 is 9.47 Å². The number of hydrogen-bond donors (Lipinski definition) is 1. The molecule has 4 heterocycles. The minimum atomic E-state index is 0.371. The van der Waals surface area contributed by atoms with Crippen LogP contribution in [0.15, 0.2) is 36.7 Å². The van der Waals surface area contributed by atoms with E-state index in [4.69, 9.17) is 14.5 Å². The number of fused-ring (bicyclic) bond motifs is 1. The second-order valence-corrected chi connectivity index (χ2v) is 9.65. The summed E-state index contributed by atoms with van der Waals surface area (Å²) in [6, 6.07) is 9.25. The van der Waals surface area contributed by atoms with Crippen molar-refractivity contribution in [3.05, 3.63) is 47.8 Å². The van der Waals surface area contributed by atoms with Crippen molar-refractivity contribution in [3.8, 4) is 5.75 Å². The lowest BCUT2D eigenvalue weighted by Gasteiger charge is -2.38. The summed E-state index contributed by atoms with van der Waals surface area (Å²) in [6.07, 6.45) is 6.10. The van der Waals surface area contributed by atoms with E-state index in [0.717, 1.165) is 82.1 Å². The predicted molar refractivity (Wildman–Crippen MR) is 139 cm³/mol. The number of aryl methyl sites for hydroxylation is 1. The first-order valence-corrected chi connectivity index (χ1v) is 12.9. The third kappa shape index (κ3) is 5.29. The minimum absolute atomic E-state index is 0.371. The molecule has 1 atom stereocenters. The molecule has 35 heavy (non-hydrogen) atoms. The van der Waals surface area contributed by atoms with Crippen LogP contribution in [0.25, 0.3) is 11.0 Å². The Morgan fingerprint density at radius 3 is 2.69 bits per heavy atom. The molecular weight excluding hydrogens is 440 g/mol. The van der Waals surface area contributed by atoms with Crippen LogP contribution in [0.2, 0.25) is 0 Å². The zero-order valence-corrected chi connectivity index (χ0v) is 21.2. The number of methoxy groups -OCH3 is 1. The maximum atomic E-state index is 5.58. The standard InChI is InChI=1S/C27H38N6O2/c1-4-33-27-25(18-29-33)26(30-23-8-14-35-15-9-23)22(17-28-27)19-31-10-12-32(13-11-31)20(2)21-6-5-7-24(16-21)34-3/h5-7,16-18,20,23H,4,8-15,19H2,1-3H3,(H,28,30). The van der Waals surface area contributed by atoms with E-state index in [-0.39, 0.29) is 0 Å². The van der Waals surface area contributed by atoms with Gasteiger partial charge in [0.25, 0.3) is 0 Å². The summed E-state index contributed by atoms with van der Waals surface area (Å²) < 4.78 is 13.0. The van der Waals surface area contributed by atoms with Gasteiger partial charge in [0.05, 0.1) is 24.4 Å². The van der Waals surface area contributed by atoms with Crippen LogP contribution in [0.4, 0.5) is 5.69 Å². The lowest BCUT2D eigenvalue weighted by molar-refractivity contribution is 0.0902. The number of pyridine rings is 1. The number of nitrogens with zero attached hydrogens (tertiary/aromatic N) is 5. The van der Waals surface area contributed by atoms with E-state index in [2.05, 4.69) is 58.5 Å². The Hall–Kier alpha value is -2.68. The summed E-state index contributed by atoms with van der Waals surface area (Å²) in [7, 11) is 1.73. The lowest BCUT2D eigenvalue weighted by atomic mass is 10.0. The first kappa shape index (κ1) is 24.0. The van der Waals surface area contributed by atoms with Gasteiger partial charge in [-0.2, -0.15) is 5.10 Å². The molecule has 5 rings (SSSR count). The lowest BCUT2D eigenvalue weighted by Crippen LogP contribution is -2.46. The van der Waals surface area contributed by atoms with E-state index in [1.165, 1.54) is 16.8 Å². The highest BCUT2D eigenvalue weighted by Gasteiger charge is 2.25. The van der Waals surface area contributed by atoms with Gasteiger partial charge in [-0.1, -0.05) is 12.1 Å². The number of benzene rings is 1. The van der Waals surface area contributed by atoms with Gasteiger partial charge in [0.2, 0.25) is 0 Å². The molecule has 2 fully saturated rings. The van der Waals surface area contributed by atoms with Crippen LogP contribution in [0.5, 0.6) is 5.75 Å². The Morgan fingerprint density at radius 1 is 1.14 bits per heavy atom. The van der Waals surface area contributed by atoms with Gasteiger partial charge in [-0.05, 0) is 44.4 Å². The SMILES string of the molecule is CCn1ncc2c(NC3CCOCC3)c(CN3CCN(C(C)c4cccc(OC)c4)CC3)cnc21. The molecule has 0 radical (unpaired) electrons. The molecule has 8 nitrogen and oxygen atoms in total. The van der Waals surface area contributed by atoms with Crippen LogP contribution >= 0.6 is 0 Å². The van der Waals surface area contributed by atoms with E-state index in [1.54, 1.807) is 7.11 Å². The average Bonchev–Trinajstić information content (AvgIpc) is 3.34. The summed E-state index contributed by atoms with van der Waals surface area (Å²) in [5, 5.41) is 9.57. The van der Waals surface area contributed by atoms with E-state index in [0.29, 0.717) is 12.1 Å². The molecule has 2 aliphatic heterocycles. The van der Waals surface area contributed by atoms with Gasteiger partial charge in [0, 0.05) is 76.3 Å². The van der Waals surface area contributed by atoms with Crippen molar-refractivity contribution in [2.24, 2.45) is 0 Å². The second kappa shape index (κ2) is 10.9. The number of rotatable bonds is 8. The largest absolute Gasteiger partial charge is 0.497 e. The molecule has 188 valence electrons. The smallest absolute Gasteiger partial charge is 0.159 e. The quantitative estimate of drug-likeness (QED) is 0.526. The van der Waals surface area contributed by atoms with Gasteiger partial charge in [-0.3, -0.25) is 9.80 Å². The molecule has 2 saturated heterocycles. The average molecular weight is 479 g/mol. The maximum absolute atomic E-state index is 5.58. The molecule has 2 aliphatic rings. The molecule has 0 aliphatic carbocycles. The zero-order chi connectivity index (χ0) is 24.2. The van der Waals surface area contributed by atoms with Crippen molar-refractivity contribution in [1.29, 1.82) is 0 Å². The van der Waals surface area contributed by atoms with Crippen LogP contribution < -0.4 is 10.1 Å². The number of ether oxygens (including phenoxy) is 2. The molecule has 2 aromatic heterocycles. The molecule has 8 heteroatoms. The summed E-state index contributed by atoms with van der Waals surface area (Å²) in [4.78, 5) is 9.94. The first-order valence-electron chi connectivity index (χ1n) is 12.9. The highest BCUT2D eigenvalue weighted by Crippen LogP contribution is 2.30. The fraction of sp³-hybridized carbons (Fsp3) is 0.556. The molecule has 0 saturated carbocycles. The molecule has 0 spiro atoms. The molecule has 1 N–H and O–H groups in total. The Balaban J connectivity index is 1.29. The van der Waals surface area contributed by atoms with Gasteiger partial charge in [-0.15, -0.1) is 0 Å². The van der Waals surface area contributed by atoms with Crippen LogP contribution in [-0.2, 0) is 17.8 Å². The molecule has 1 aromatic carbocycles. The number of aromatic nitrogens is 3. The Labute approximate surface area is 208 Å². The van der Waals surface area contributed by atoms with Crippen molar-refractivity contribution in [1.82, 2.24) is 24.6 Å². The van der Waals surface area contributed by atoms with Crippen molar-refractivity contribution in [2.45, 2.75) is 51.9 Å².